The number of nitrogens with zero attached hydrogens (tertiary/aromatic N) is 1. The standard InChI is InChI=1S/C19H22FNO2/c1-22-18-5-2-4-16-14-21(11-3-13-23-19(16)18)12-10-15-6-8-17(20)9-7-15/h2,4-9H,3,10-14H2,1H3. The summed E-state index contributed by atoms with van der Waals surface area (Å²) in [6, 6.07) is 12.8. The average Bonchev–Trinajstić information content (AvgIpc) is 2.55. The molecule has 122 valence electrons. The third-order valence-electron chi connectivity index (χ3n) is 4.17. The highest BCUT2D eigenvalue weighted by atomic mass is 19.1. The van der Waals surface area contributed by atoms with Gasteiger partial charge in [0.1, 0.15) is 5.82 Å². The van der Waals surface area contributed by atoms with Gasteiger partial charge < -0.3 is 9.47 Å². The fraction of sp³-hybridized carbons (Fsp3) is 0.368. The minimum Gasteiger partial charge on any atom is -0.493 e. The Labute approximate surface area is 136 Å². The molecule has 2 aromatic rings. The zero-order chi connectivity index (χ0) is 16.1. The van der Waals surface area contributed by atoms with Crippen LogP contribution in [0.25, 0.3) is 0 Å². The van der Waals surface area contributed by atoms with E-state index in [4.69, 9.17) is 9.47 Å². The smallest absolute Gasteiger partial charge is 0.165 e. The summed E-state index contributed by atoms with van der Waals surface area (Å²) in [6.45, 7) is 3.48. The van der Waals surface area contributed by atoms with E-state index in [-0.39, 0.29) is 5.82 Å². The average molecular weight is 315 g/mol. The molecule has 0 unspecified atom stereocenters. The van der Waals surface area contributed by atoms with Gasteiger partial charge in [0, 0.05) is 25.2 Å². The van der Waals surface area contributed by atoms with Gasteiger partial charge in [0.05, 0.1) is 13.7 Å². The van der Waals surface area contributed by atoms with Crippen LogP contribution in [-0.2, 0) is 13.0 Å². The van der Waals surface area contributed by atoms with Crippen molar-refractivity contribution in [3.63, 3.8) is 0 Å². The molecule has 0 aromatic heterocycles. The van der Waals surface area contributed by atoms with E-state index in [0.29, 0.717) is 6.61 Å². The number of rotatable bonds is 4. The van der Waals surface area contributed by atoms with Crippen LogP contribution in [0.3, 0.4) is 0 Å². The van der Waals surface area contributed by atoms with Crippen molar-refractivity contribution in [2.75, 3.05) is 26.8 Å². The van der Waals surface area contributed by atoms with Crippen LogP contribution >= 0.6 is 0 Å². The molecule has 0 aliphatic carbocycles. The van der Waals surface area contributed by atoms with E-state index in [1.807, 2.05) is 24.3 Å². The van der Waals surface area contributed by atoms with Gasteiger partial charge in [-0.15, -0.1) is 0 Å². The lowest BCUT2D eigenvalue weighted by Gasteiger charge is -2.27. The van der Waals surface area contributed by atoms with Gasteiger partial charge in [-0.2, -0.15) is 0 Å². The van der Waals surface area contributed by atoms with Crippen LogP contribution in [0.15, 0.2) is 42.5 Å². The SMILES string of the molecule is COc1cccc2c1OCCCN(CCc1ccc(F)cc1)C2. The van der Waals surface area contributed by atoms with E-state index >= 15 is 0 Å². The molecule has 0 N–H and O–H groups in total. The van der Waals surface area contributed by atoms with Crippen molar-refractivity contribution >= 4 is 0 Å². The minimum absolute atomic E-state index is 0.182. The Balaban J connectivity index is 1.69. The quantitative estimate of drug-likeness (QED) is 0.859. The van der Waals surface area contributed by atoms with Gasteiger partial charge in [0.15, 0.2) is 11.5 Å². The van der Waals surface area contributed by atoms with Crippen molar-refractivity contribution in [1.29, 1.82) is 0 Å². The van der Waals surface area contributed by atoms with Gasteiger partial charge in [0.2, 0.25) is 0 Å². The Hall–Kier alpha value is -2.07. The Bertz CT molecular complexity index is 642. The molecule has 0 amide bonds. The lowest BCUT2D eigenvalue weighted by Crippen LogP contribution is -2.29. The molecule has 0 fully saturated rings. The molecule has 0 bridgehead atoms. The number of para-hydroxylation sites is 1. The Morgan fingerprint density at radius 3 is 2.78 bits per heavy atom. The van der Waals surface area contributed by atoms with Crippen LogP contribution in [0, 0.1) is 5.82 Å². The molecule has 0 atom stereocenters. The number of hydrogen-bond acceptors (Lipinski definition) is 3. The van der Waals surface area contributed by atoms with Gasteiger partial charge >= 0.3 is 0 Å². The predicted octanol–water partition coefficient (Wildman–Crippen LogP) is 3.66. The zero-order valence-corrected chi connectivity index (χ0v) is 13.4. The second kappa shape index (κ2) is 7.47. The topological polar surface area (TPSA) is 21.7 Å². The van der Waals surface area contributed by atoms with Gasteiger partial charge in [-0.25, -0.2) is 4.39 Å². The third-order valence-corrected chi connectivity index (χ3v) is 4.17. The molecule has 0 radical (unpaired) electrons. The fourth-order valence-electron chi connectivity index (χ4n) is 2.92. The summed E-state index contributed by atoms with van der Waals surface area (Å²) in [7, 11) is 1.67. The third kappa shape index (κ3) is 4.02. The Morgan fingerprint density at radius 2 is 2.00 bits per heavy atom. The first-order valence-corrected chi connectivity index (χ1v) is 8.02. The van der Waals surface area contributed by atoms with Crippen molar-refractivity contribution < 1.29 is 13.9 Å². The van der Waals surface area contributed by atoms with Crippen LogP contribution in [0.2, 0.25) is 0 Å². The van der Waals surface area contributed by atoms with Gasteiger partial charge in [-0.1, -0.05) is 24.3 Å². The Morgan fingerprint density at radius 1 is 1.17 bits per heavy atom. The first kappa shape index (κ1) is 15.8. The maximum atomic E-state index is 13.0. The number of benzene rings is 2. The molecule has 3 rings (SSSR count). The van der Waals surface area contributed by atoms with Crippen LogP contribution in [-0.4, -0.2) is 31.7 Å². The van der Waals surface area contributed by atoms with Crippen LogP contribution in [0.5, 0.6) is 11.5 Å². The van der Waals surface area contributed by atoms with Crippen molar-refractivity contribution in [1.82, 2.24) is 4.90 Å². The highest BCUT2D eigenvalue weighted by Crippen LogP contribution is 2.33. The lowest BCUT2D eigenvalue weighted by molar-refractivity contribution is 0.202. The van der Waals surface area contributed by atoms with E-state index in [1.165, 1.54) is 12.1 Å². The highest BCUT2D eigenvalue weighted by molar-refractivity contribution is 5.46. The largest absolute Gasteiger partial charge is 0.493 e. The molecule has 4 heteroatoms. The maximum absolute atomic E-state index is 13.0. The summed E-state index contributed by atoms with van der Waals surface area (Å²) in [5, 5.41) is 0. The number of fused-ring (bicyclic) bond motifs is 1. The van der Waals surface area contributed by atoms with E-state index < -0.39 is 0 Å². The first-order chi connectivity index (χ1) is 11.3. The molecule has 0 saturated carbocycles. The van der Waals surface area contributed by atoms with E-state index in [2.05, 4.69) is 11.0 Å². The minimum atomic E-state index is -0.182. The molecule has 1 heterocycles. The Kier molecular flexibility index (Phi) is 5.13. The van der Waals surface area contributed by atoms with Crippen molar-refractivity contribution in [3.8, 4) is 11.5 Å². The molecule has 1 aliphatic rings. The lowest BCUT2D eigenvalue weighted by atomic mass is 10.1. The normalized spacial score (nSPS) is 15.2. The van der Waals surface area contributed by atoms with Gasteiger partial charge in [-0.05, 0) is 36.6 Å². The molecule has 3 nitrogen and oxygen atoms in total. The molecule has 0 saturated heterocycles. The number of ether oxygens (including phenoxy) is 2. The number of halogens is 1. The zero-order valence-electron chi connectivity index (χ0n) is 13.4. The molecule has 23 heavy (non-hydrogen) atoms. The monoisotopic (exact) mass is 315 g/mol. The van der Waals surface area contributed by atoms with Crippen molar-refractivity contribution in [3.05, 3.63) is 59.4 Å². The molecule has 2 aromatic carbocycles. The van der Waals surface area contributed by atoms with Gasteiger partial charge in [-0.3, -0.25) is 4.90 Å². The van der Waals surface area contributed by atoms with Crippen molar-refractivity contribution in [2.45, 2.75) is 19.4 Å². The van der Waals surface area contributed by atoms with E-state index in [9.17, 15) is 4.39 Å². The first-order valence-electron chi connectivity index (χ1n) is 8.02. The second-order valence-electron chi connectivity index (χ2n) is 5.80. The summed E-state index contributed by atoms with van der Waals surface area (Å²) in [5.41, 5.74) is 2.32. The highest BCUT2D eigenvalue weighted by Gasteiger charge is 2.17. The van der Waals surface area contributed by atoms with Gasteiger partial charge in [0.25, 0.3) is 0 Å². The molecule has 0 spiro atoms. The molecular weight excluding hydrogens is 293 g/mol. The van der Waals surface area contributed by atoms with Crippen molar-refractivity contribution in [2.24, 2.45) is 0 Å². The summed E-state index contributed by atoms with van der Waals surface area (Å²) in [6.07, 6.45) is 1.90. The summed E-state index contributed by atoms with van der Waals surface area (Å²) < 4.78 is 24.3. The van der Waals surface area contributed by atoms with Crippen LogP contribution in [0.1, 0.15) is 17.5 Å². The van der Waals surface area contributed by atoms with E-state index in [0.717, 1.165) is 55.1 Å². The summed E-state index contributed by atoms with van der Waals surface area (Å²) >= 11 is 0. The maximum Gasteiger partial charge on any atom is 0.165 e. The number of hydrogen-bond donors (Lipinski definition) is 0. The van der Waals surface area contributed by atoms with Crippen LogP contribution in [0.4, 0.5) is 4.39 Å². The molecule has 1 aliphatic heterocycles. The van der Waals surface area contributed by atoms with E-state index in [1.54, 1.807) is 7.11 Å². The number of methoxy groups -OCH3 is 1. The summed E-state index contributed by atoms with van der Waals surface area (Å²) in [4.78, 5) is 2.42. The predicted molar refractivity (Wildman–Crippen MR) is 88.5 cm³/mol. The summed E-state index contributed by atoms with van der Waals surface area (Å²) in [5.74, 6) is 1.47. The molecular formula is C19H22FNO2. The van der Waals surface area contributed by atoms with Crippen LogP contribution < -0.4 is 9.47 Å². The second-order valence-corrected chi connectivity index (χ2v) is 5.80. The fourth-order valence-corrected chi connectivity index (χ4v) is 2.92.